The molecular weight excluding hydrogens is 528 g/mol. The number of likely N-dealkylation sites (N-methyl/N-ethyl adjacent to an activating group) is 1. The molecule has 0 saturated carbocycles. The lowest BCUT2D eigenvalue weighted by Gasteiger charge is -2.50. The van der Waals surface area contributed by atoms with E-state index in [0.717, 1.165) is 5.56 Å². The first-order chi connectivity index (χ1) is 19.3. The third-order valence-electron chi connectivity index (χ3n) is 8.51. The molecule has 5 rings (SSSR count). The molecule has 0 fully saturated rings. The van der Waals surface area contributed by atoms with E-state index in [-0.39, 0.29) is 29.7 Å². The molecule has 2 aromatic rings. The van der Waals surface area contributed by atoms with Gasteiger partial charge in [0.1, 0.15) is 22.8 Å². The summed E-state index contributed by atoms with van der Waals surface area (Å²) in [4.78, 5) is 43.1. The number of carbonyl (C=O) groups is 3. The Morgan fingerprint density at radius 2 is 1.76 bits per heavy atom. The number of nitrogens with two attached hydrogens (primary N) is 1. The van der Waals surface area contributed by atoms with E-state index in [0.29, 0.717) is 23.5 Å². The number of ketones is 2. The number of hydrogen-bond donors (Lipinski definition) is 6. The molecule has 0 spiro atoms. The van der Waals surface area contributed by atoms with E-state index in [1.807, 2.05) is 49.3 Å². The molecule has 0 aliphatic heterocycles. The molecule has 11 nitrogen and oxygen atoms in total. The number of aliphatic hydroxyl groups is 3. The van der Waals surface area contributed by atoms with Gasteiger partial charge in [0.15, 0.2) is 11.4 Å². The molecule has 1 amide bonds. The number of aliphatic hydroxyl groups excluding tert-OH is 2. The summed E-state index contributed by atoms with van der Waals surface area (Å²) in [5.74, 6) is -6.74. The van der Waals surface area contributed by atoms with E-state index in [1.165, 1.54) is 4.90 Å². The average Bonchev–Trinajstić information content (AvgIpc) is 2.90. The minimum Gasteiger partial charge on any atom is -0.510 e. The van der Waals surface area contributed by atoms with Gasteiger partial charge in [0.2, 0.25) is 5.78 Å². The molecule has 216 valence electrons. The number of benzene rings is 2. The number of allylic oxidation sites excluding steroid dienone is 1. The summed E-state index contributed by atoms with van der Waals surface area (Å²) in [6, 6.07) is 10.2. The number of hydrogen-bond acceptors (Lipinski definition) is 10. The van der Waals surface area contributed by atoms with Crippen LogP contribution in [0, 0.1) is 11.8 Å². The molecule has 11 heteroatoms. The van der Waals surface area contributed by atoms with E-state index in [9.17, 15) is 34.8 Å². The Labute approximate surface area is 237 Å². The van der Waals surface area contributed by atoms with Gasteiger partial charge in [0, 0.05) is 37.8 Å². The fourth-order valence-electron chi connectivity index (χ4n) is 6.63. The van der Waals surface area contributed by atoms with Crippen LogP contribution in [0.1, 0.15) is 27.9 Å². The van der Waals surface area contributed by atoms with Crippen molar-refractivity contribution in [1.29, 1.82) is 0 Å². The normalized spacial score (nSPS) is 25.6. The van der Waals surface area contributed by atoms with Gasteiger partial charge in [-0.3, -0.25) is 19.3 Å². The lowest BCUT2D eigenvalue weighted by Crippen LogP contribution is -2.63. The number of fused-ring (bicyclic) bond motifs is 3. The number of anilines is 2. The van der Waals surface area contributed by atoms with Crippen molar-refractivity contribution in [2.75, 3.05) is 38.4 Å². The van der Waals surface area contributed by atoms with Crippen LogP contribution in [-0.2, 0) is 22.6 Å². The van der Waals surface area contributed by atoms with E-state index in [2.05, 4.69) is 5.32 Å². The van der Waals surface area contributed by atoms with Crippen molar-refractivity contribution in [3.8, 4) is 5.75 Å². The summed E-state index contributed by atoms with van der Waals surface area (Å²) < 4.78 is 0. The number of rotatable bonds is 6. The number of nitrogens with zero attached hydrogens (tertiary/aromatic N) is 2. The predicted octanol–water partition coefficient (Wildman–Crippen LogP) is 1.80. The molecular formula is C30H34N4O7. The van der Waals surface area contributed by atoms with Gasteiger partial charge in [0.25, 0.3) is 5.91 Å². The van der Waals surface area contributed by atoms with Gasteiger partial charge in [0.05, 0.1) is 17.3 Å². The standard InChI is InChI=1S/C30H34N4O7/c1-33(2)19-12-18(32-13-14-8-6-5-7-9-14)24(35)21-16(19)10-15-11-17-23(34(3)4)26(37)22(29(31)40)28(39)30(17,41)27(38)20(15)25(21)36/h5-9,12,15,17,23,32,35,37-38,41H,10-11,13H2,1-4H3,(H2,31,40). The summed E-state index contributed by atoms with van der Waals surface area (Å²) in [6.07, 6.45) is 0.252. The zero-order chi connectivity index (χ0) is 30.0. The maximum absolute atomic E-state index is 14.1. The SMILES string of the molecule is CN(C)c1cc(NCc2ccccc2)c(O)c2c1CC1CC3C(N(C)C)C(O)=C(C(N)=O)C(=O)C3(O)C(O)=C1C2=O. The summed E-state index contributed by atoms with van der Waals surface area (Å²) in [5, 5.41) is 48.7. The van der Waals surface area contributed by atoms with Crippen LogP contribution in [0.4, 0.5) is 11.4 Å². The summed E-state index contributed by atoms with van der Waals surface area (Å²) in [6.45, 7) is 0.373. The third-order valence-corrected chi connectivity index (χ3v) is 8.51. The predicted molar refractivity (Wildman–Crippen MR) is 152 cm³/mol. The van der Waals surface area contributed by atoms with Gasteiger partial charge in [-0.15, -0.1) is 0 Å². The van der Waals surface area contributed by atoms with Crippen LogP contribution >= 0.6 is 0 Å². The highest BCUT2D eigenvalue weighted by molar-refractivity contribution is 6.25. The first-order valence-electron chi connectivity index (χ1n) is 13.3. The van der Waals surface area contributed by atoms with Gasteiger partial charge >= 0.3 is 0 Å². The van der Waals surface area contributed by atoms with Crippen LogP contribution in [0.25, 0.3) is 0 Å². The van der Waals surface area contributed by atoms with Gasteiger partial charge in [-0.1, -0.05) is 30.3 Å². The van der Waals surface area contributed by atoms with Crippen LogP contribution < -0.4 is 16.0 Å². The molecule has 3 aliphatic carbocycles. The number of phenols is 1. The monoisotopic (exact) mass is 562 g/mol. The molecule has 0 radical (unpaired) electrons. The number of aromatic hydroxyl groups is 1. The van der Waals surface area contributed by atoms with Gasteiger partial charge < -0.3 is 36.4 Å². The number of carbonyl (C=O) groups excluding carboxylic acids is 3. The number of nitrogens with one attached hydrogen (secondary N) is 1. The van der Waals surface area contributed by atoms with Crippen LogP contribution in [-0.4, -0.2) is 82.6 Å². The van der Waals surface area contributed by atoms with Crippen LogP contribution in [0.5, 0.6) is 5.75 Å². The topological polar surface area (TPSA) is 177 Å². The molecule has 7 N–H and O–H groups in total. The van der Waals surface area contributed by atoms with E-state index >= 15 is 0 Å². The number of Topliss-reactive ketones (excluding diaryl/α,β-unsaturated/α-hetero) is 2. The minimum absolute atomic E-state index is 0.0347. The highest BCUT2D eigenvalue weighted by atomic mass is 16.3. The van der Waals surface area contributed by atoms with Crippen molar-refractivity contribution < 1.29 is 34.8 Å². The second kappa shape index (κ2) is 9.93. The van der Waals surface area contributed by atoms with Crippen molar-refractivity contribution in [2.45, 2.75) is 31.0 Å². The second-order valence-electron chi connectivity index (χ2n) is 11.3. The highest BCUT2D eigenvalue weighted by Crippen LogP contribution is 2.53. The Bertz CT molecular complexity index is 1530. The van der Waals surface area contributed by atoms with Crippen LogP contribution in [0.15, 0.2) is 59.1 Å². The average molecular weight is 563 g/mol. The Hall–Kier alpha value is -4.35. The number of primary amides is 1. The fraction of sp³-hybridized carbons (Fsp3) is 0.367. The molecule has 4 unspecified atom stereocenters. The molecule has 41 heavy (non-hydrogen) atoms. The van der Waals surface area contributed by atoms with Crippen molar-refractivity contribution in [2.24, 2.45) is 17.6 Å². The molecule has 0 heterocycles. The first-order valence-corrected chi connectivity index (χ1v) is 13.3. The summed E-state index contributed by atoms with van der Waals surface area (Å²) in [7, 11) is 6.83. The van der Waals surface area contributed by atoms with E-state index in [4.69, 9.17) is 5.73 Å². The highest BCUT2D eigenvalue weighted by Gasteiger charge is 2.63. The van der Waals surface area contributed by atoms with Gasteiger partial charge in [-0.05, 0) is 50.0 Å². The third kappa shape index (κ3) is 4.15. The Balaban J connectivity index is 1.66. The number of amides is 1. The largest absolute Gasteiger partial charge is 0.510 e. The maximum Gasteiger partial charge on any atom is 0.255 e. The van der Waals surface area contributed by atoms with Gasteiger partial charge in [-0.2, -0.15) is 0 Å². The number of phenolic OH excluding ortho intramolecular Hbond substituents is 1. The molecule has 0 bridgehead atoms. The molecule has 4 atom stereocenters. The maximum atomic E-state index is 14.1. The molecule has 2 aromatic carbocycles. The van der Waals surface area contributed by atoms with Crippen molar-refractivity contribution in [3.05, 3.63) is 75.8 Å². The quantitative estimate of drug-likeness (QED) is 0.225. The molecule has 0 aromatic heterocycles. The van der Waals surface area contributed by atoms with Crippen molar-refractivity contribution in [1.82, 2.24) is 4.90 Å². The second-order valence-corrected chi connectivity index (χ2v) is 11.3. The van der Waals surface area contributed by atoms with Gasteiger partial charge in [-0.25, -0.2) is 0 Å². The lowest BCUT2D eigenvalue weighted by atomic mass is 9.58. The van der Waals surface area contributed by atoms with Crippen molar-refractivity contribution in [3.63, 3.8) is 0 Å². The summed E-state index contributed by atoms with van der Waals surface area (Å²) >= 11 is 0. The van der Waals surface area contributed by atoms with Crippen LogP contribution in [0.3, 0.4) is 0 Å². The van der Waals surface area contributed by atoms with Crippen LogP contribution in [0.2, 0.25) is 0 Å². The zero-order valence-corrected chi connectivity index (χ0v) is 23.3. The summed E-state index contributed by atoms with van der Waals surface area (Å²) in [5.41, 5.74) is 4.18. The lowest BCUT2D eigenvalue weighted by molar-refractivity contribution is -0.148. The van der Waals surface area contributed by atoms with Crippen molar-refractivity contribution >= 4 is 28.8 Å². The zero-order valence-electron chi connectivity index (χ0n) is 23.3. The Morgan fingerprint density at radius 3 is 2.34 bits per heavy atom. The first kappa shape index (κ1) is 28.2. The fourth-order valence-corrected chi connectivity index (χ4v) is 6.63. The smallest absolute Gasteiger partial charge is 0.255 e. The molecule has 3 aliphatic rings. The molecule has 0 saturated heterocycles. The van der Waals surface area contributed by atoms with E-state index < -0.39 is 58.0 Å². The Kier molecular flexibility index (Phi) is 6.83. The Morgan fingerprint density at radius 1 is 1.10 bits per heavy atom. The van der Waals surface area contributed by atoms with E-state index in [1.54, 1.807) is 20.2 Å². The minimum atomic E-state index is -2.67.